The molecule has 3 heterocycles. The summed E-state index contributed by atoms with van der Waals surface area (Å²) in [7, 11) is 0. The quantitative estimate of drug-likeness (QED) is 0.772. The Labute approximate surface area is 161 Å². The number of nitrogens with zero attached hydrogens (tertiary/aromatic N) is 1. The molecule has 2 N–H and O–H groups in total. The molecule has 1 aromatic carbocycles. The first-order valence-corrected chi connectivity index (χ1v) is 9.32. The van der Waals surface area contributed by atoms with Gasteiger partial charge in [0.1, 0.15) is 18.8 Å². The number of carbonyl (C=O) groups is 3. The van der Waals surface area contributed by atoms with E-state index in [0.717, 1.165) is 0 Å². The van der Waals surface area contributed by atoms with Gasteiger partial charge in [0.25, 0.3) is 0 Å². The summed E-state index contributed by atoms with van der Waals surface area (Å²) in [5, 5.41) is 12.3. The number of fused-ring (bicyclic) bond motifs is 1. The van der Waals surface area contributed by atoms with Gasteiger partial charge in [-0.2, -0.15) is 0 Å². The van der Waals surface area contributed by atoms with Crippen LogP contribution in [0.1, 0.15) is 19.3 Å². The molecule has 1 atom stereocenters. The van der Waals surface area contributed by atoms with E-state index in [-0.39, 0.29) is 44.9 Å². The summed E-state index contributed by atoms with van der Waals surface area (Å²) >= 11 is 0. The molecule has 2 amide bonds. The molecule has 0 saturated carbocycles. The molecule has 3 aliphatic heterocycles. The molecule has 1 unspecified atom stereocenters. The number of hydrogen-bond acceptors (Lipinski definition) is 6. The second kappa shape index (κ2) is 7.31. The molecule has 0 aromatic heterocycles. The van der Waals surface area contributed by atoms with Gasteiger partial charge in [-0.3, -0.25) is 9.59 Å². The van der Waals surface area contributed by atoms with Crippen LogP contribution in [0.25, 0.3) is 0 Å². The molecular weight excluding hydrogens is 368 g/mol. The molecule has 9 heteroatoms. The van der Waals surface area contributed by atoms with Crippen molar-refractivity contribution in [3.8, 4) is 11.5 Å². The molecule has 9 nitrogen and oxygen atoms in total. The molecule has 4 rings (SSSR count). The van der Waals surface area contributed by atoms with E-state index in [4.69, 9.17) is 14.2 Å². The second-order valence-corrected chi connectivity index (χ2v) is 7.22. The zero-order valence-corrected chi connectivity index (χ0v) is 15.3. The maximum absolute atomic E-state index is 12.7. The van der Waals surface area contributed by atoms with Crippen LogP contribution >= 0.6 is 0 Å². The second-order valence-electron chi connectivity index (χ2n) is 7.22. The third-order valence-corrected chi connectivity index (χ3v) is 5.45. The highest BCUT2D eigenvalue weighted by Crippen LogP contribution is 2.36. The van der Waals surface area contributed by atoms with Gasteiger partial charge in [0.05, 0.1) is 5.92 Å². The molecule has 0 bridgehead atoms. The van der Waals surface area contributed by atoms with Gasteiger partial charge < -0.3 is 29.5 Å². The Balaban J connectivity index is 1.47. The predicted octanol–water partition coefficient (Wildman–Crippen LogP) is 0.561. The topological polar surface area (TPSA) is 114 Å². The molecule has 2 fully saturated rings. The predicted molar refractivity (Wildman–Crippen MR) is 96.5 cm³/mol. The summed E-state index contributed by atoms with van der Waals surface area (Å²) < 4.78 is 16.3. The van der Waals surface area contributed by atoms with Gasteiger partial charge in [-0.05, 0) is 12.1 Å². The fourth-order valence-electron chi connectivity index (χ4n) is 3.78. The van der Waals surface area contributed by atoms with Crippen LogP contribution in [0.5, 0.6) is 11.5 Å². The van der Waals surface area contributed by atoms with Crippen molar-refractivity contribution in [3.63, 3.8) is 0 Å². The minimum Gasteiger partial charge on any atom is -0.486 e. The van der Waals surface area contributed by atoms with Gasteiger partial charge in [0, 0.05) is 50.8 Å². The average Bonchev–Trinajstić information content (AvgIpc) is 3.10. The Morgan fingerprint density at radius 2 is 1.82 bits per heavy atom. The van der Waals surface area contributed by atoms with Crippen LogP contribution in [0.4, 0.5) is 5.69 Å². The lowest BCUT2D eigenvalue weighted by Gasteiger charge is -2.34. The first-order chi connectivity index (χ1) is 13.5. The summed E-state index contributed by atoms with van der Waals surface area (Å²) in [6.07, 6.45) is 0.452. The third-order valence-electron chi connectivity index (χ3n) is 5.45. The summed E-state index contributed by atoms with van der Waals surface area (Å²) in [6.45, 7) is 1.67. The summed E-state index contributed by atoms with van der Waals surface area (Å²) in [6, 6.07) is 5.22. The molecule has 0 aliphatic carbocycles. The Kier molecular flexibility index (Phi) is 4.84. The van der Waals surface area contributed by atoms with Crippen molar-refractivity contribution in [1.82, 2.24) is 5.32 Å². The molecule has 0 spiro atoms. The largest absolute Gasteiger partial charge is 0.486 e. The van der Waals surface area contributed by atoms with Crippen LogP contribution in [0, 0.1) is 5.92 Å². The number of nitrogens with one attached hydrogen (secondary N) is 1. The van der Waals surface area contributed by atoms with Crippen LogP contribution in [0.3, 0.4) is 0 Å². The van der Waals surface area contributed by atoms with Crippen molar-refractivity contribution in [2.75, 3.05) is 37.9 Å². The number of ether oxygens (including phenoxy) is 3. The number of carboxylic acids is 1. The zero-order valence-electron chi connectivity index (χ0n) is 15.3. The monoisotopic (exact) mass is 390 g/mol. The van der Waals surface area contributed by atoms with Crippen LogP contribution < -0.4 is 19.7 Å². The van der Waals surface area contributed by atoms with E-state index >= 15 is 0 Å². The highest BCUT2D eigenvalue weighted by atomic mass is 16.6. The van der Waals surface area contributed by atoms with Crippen molar-refractivity contribution < 1.29 is 33.7 Å². The fraction of sp³-hybridized carbons (Fsp3) is 0.526. The molecule has 3 aliphatic rings. The minimum absolute atomic E-state index is 0.0342. The first-order valence-electron chi connectivity index (χ1n) is 9.32. The number of rotatable bonds is 4. The average molecular weight is 390 g/mol. The van der Waals surface area contributed by atoms with E-state index in [2.05, 4.69) is 5.32 Å². The summed E-state index contributed by atoms with van der Waals surface area (Å²) in [5.74, 6) is -1.10. The third kappa shape index (κ3) is 3.37. The molecule has 1 aromatic rings. The van der Waals surface area contributed by atoms with Gasteiger partial charge in [-0.1, -0.05) is 0 Å². The van der Waals surface area contributed by atoms with Crippen molar-refractivity contribution in [2.24, 2.45) is 5.92 Å². The number of aliphatic carboxylic acids is 1. The van der Waals surface area contributed by atoms with Gasteiger partial charge in [0.2, 0.25) is 11.8 Å². The van der Waals surface area contributed by atoms with E-state index < -0.39 is 23.3 Å². The van der Waals surface area contributed by atoms with Crippen molar-refractivity contribution >= 4 is 23.5 Å². The van der Waals surface area contributed by atoms with E-state index in [1.165, 1.54) is 4.90 Å². The lowest BCUT2D eigenvalue weighted by molar-refractivity contribution is -0.152. The van der Waals surface area contributed by atoms with E-state index in [0.29, 0.717) is 30.4 Å². The van der Waals surface area contributed by atoms with Crippen molar-refractivity contribution in [1.29, 1.82) is 0 Å². The molecular formula is C19H22N2O7. The lowest BCUT2D eigenvalue weighted by Crippen LogP contribution is -2.58. The molecule has 150 valence electrons. The minimum atomic E-state index is -1.33. The van der Waals surface area contributed by atoms with Crippen LogP contribution in [-0.4, -0.2) is 61.4 Å². The standard InChI is InChI=1S/C19H22N2O7/c22-16-9-12(17(23)20-19(18(24)25)3-5-26-6-4-19)11-21(16)13-1-2-14-15(10-13)28-8-7-27-14/h1-2,10,12H,3-9,11H2,(H,20,23)(H,24,25). The van der Waals surface area contributed by atoms with E-state index in [1.807, 2.05) is 0 Å². The number of carboxylic acid groups (broad SMARTS) is 1. The highest BCUT2D eigenvalue weighted by Gasteiger charge is 2.44. The molecule has 28 heavy (non-hydrogen) atoms. The first kappa shape index (κ1) is 18.5. The zero-order chi connectivity index (χ0) is 19.7. The van der Waals surface area contributed by atoms with E-state index in [1.54, 1.807) is 18.2 Å². The van der Waals surface area contributed by atoms with Gasteiger partial charge in [0.15, 0.2) is 11.5 Å². The number of anilines is 1. The number of carbonyl (C=O) groups excluding carboxylic acids is 2. The van der Waals surface area contributed by atoms with Crippen LogP contribution in [0.15, 0.2) is 18.2 Å². The Hall–Kier alpha value is -2.81. The van der Waals surface area contributed by atoms with Crippen molar-refractivity contribution in [3.05, 3.63) is 18.2 Å². The Morgan fingerprint density at radius 1 is 1.11 bits per heavy atom. The highest BCUT2D eigenvalue weighted by molar-refractivity contribution is 6.01. The number of amides is 2. The van der Waals surface area contributed by atoms with Crippen LogP contribution in [-0.2, 0) is 19.1 Å². The summed E-state index contributed by atoms with van der Waals surface area (Å²) in [4.78, 5) is 38.5. The maximum atomic E-state index is 12.7. The SMILES string of the molecule is O=C(NC1(C(=O)O)CCOCC1)C1CC(=O)N(c2ccc3c(c2)OCCO3)C1. The van der Waals surface area contributed by atoms with Gasteiger partial charge >= 0.3 is 5.97 Å². The van der Waals surface area contributed by atoms with Gasteiger partial charge in [-0.25, -0.2) is 4.79 Å². The smallest absolute Gasteiger partial charge is 0.329 e. The number of hydrogen-bond donors (Lipinski definition) is 2. The lowest BCUT2D eigenvalue weighted by atomic mass is 9.89. The summed E-state index contributed by atoms with van der Waals surface area (Å²) in [5.41, 5.74) is -0.702. The molecule has 2 saturated heterocycles. The Morgan fingerprint density at radius 3 is 2.54 bits per heavy atom. The normalized spacial score (nSPS) is 23.4. The molecule has 0 radical (unpaired) electrons. The number of benzene rings is 1. The van der Waals surface area contributed by atoms with Gasteiger partial charge in [-0.15, -0.1) is 0 Å². The Bertz CT molecular complexity index is 803. The fourth-order valence-corrected chi connectivity index (χ4v) is 3.78. The van der Waals surface area contributed by atoms with Crippen LogP contribution in [0.2, 0.25) is 0 Å². The maximum Gasteiger partial charge on any atom is 0.329 e. The van der Waals surface area contributed by atoms with E-state index in [9.17, 15) is 19.5 Å². The van der Waals surface area contributed by atoms with Crippen molar-refractivity contribution in [2.45, 2.75) is 24.8 Å².